The third-order valence-corrected chi connectivity index (χ3v) is 8.28. The van der Waals surface area contributed by atoms with Crippen molar-refractivity contribution in [2.24, 2.45) is 10.9 Å². The van der Waals surface area contributed by atoms with Gasteiger partial charge in [-0.05, 0) is 76.1 Å². The van der Waals surface area contributed by atoms with Gasteiger partial charge in [-0.1, -0.05) is 0 Å². The fourth-order valence-corrected chi connectivity index (χ4v) is 5.91. The standard InChI is InChI=1S/C30H40N6O5/c1-20-17-23-18-24(8-9-26(23)41-20)31-30(33-28(39)22-10-15-34(16-11-22)21(2)37)32-25-7-3-4-14-36(29(25)40)19-27(38)35-12-5-6-13-35/h8-9,17-18,22,25H,3-7,10-16,19H2,1-2H3,(H2,31,32,33,39)/t25-/m0/s1. The van der Waals surface area contributed by atoms with E-state index in [1.54, 1.807) is 16.7 Å². The number of aryl methyl sites for hydroxylation is 1. The van der Waals surface area contributed by atoms with Crippen LogP contribution in [0.1, 0.15) is 57.6 Å². The van der Waals surface area contributed by atoms with Crippen LogP contribution >= 0.6 is 0 Å². The van der Waals surface area contributed by atoms with Gasteiger partial charge in [0.2, 0.25) is 29.6 Å². The first-order valence-electron chi connectivity index (χ1n) is 14.7. The van der Waals surface area contributed by atoms with Gasteiger partial charge in [0.25, 0.3) is 0 Å². The van der Waals surface area contributed by atoms with Crippen LogP contribution in [0.25, 0.3) is 11.0 Å². The number of carbonyl (C=O) groups excluding carboxylic acids is 4. The minimum absolute atomic E-state index is 0.0114. The molecule has 3 aliphatic rings. The number of likely N-dealkylation sites (tertiary alicyclic amines) is 3. The largest absolute Gasteiger partial charge is 0.461 e. The molecule has 3 aliphatic heterocycles. The Bertz CT molecular complexity index is 1320. The number of guanidine groups is 1. The van der Waals surface area contributed by atoms with Crippen LogP contribution in [-0.2, 0) is 19.2 Å². The van der Waals surface area contributed by atoms with Crippen molar-refractivity contribution in [3.63, 3.8) is 0 Å². The predicted molar refractivity (Wildman–Crippen MR) is 155 cm³/mol. The van der Waals surface area contributed by atoms with Crippen molar-refractivity contribution in [2.75, 3.05) is 44.6 Å². The lowest BCUT2D eigenvalue weighted by molar-refractivity contribution is -0.140. The summed E-state index contributed by atoms with van der Waals surface area (Å²) >= 11 is 0. The summed E-state index contributed by atoms with van der Waals surface area (Å²) in [6, 6.07) is 6.82. The van der Waals surface area contributed by atoms with E-state index in [4.69, 9.17) is 9.41 Å². The molecule has 3 fully saturated rings. The highest BCUT2D eigenvalue weighted by Gasteiger charge is 2.31. The van der Waals surface area contributed by atoms with Crippen LogP contribution in [0.4, 0.5) is 5.69 Å². The van der Waals surface area contributed by atoms with E-state index in [1.807, 2.05) is 36.1 Å². The lowest BCUT2D eigenvalue weighted by Crippen LogP contribution is -2.47. The van der Waals surface area contributed by atoms with Crippen LogP contribution in [0.3, 0.4) is 0 Å². The Hall–Kier alpha value is -3.89. The second-order valence-corrected chi connectivity index (χ2v) is 11.3. The monoisotopic (exact) mass is 564 g/mol. The molecule has 1 aromatic heterocycles. The summed E-state index contributed by atoms with van der Waals surface area (Å²) in [7, 11) is 0. The number of rotatable bonds is 5. The number of hydrogen-bond acceptors (Lipinski definition) is 6. The topological polar surface area (TPSA) is 128 Å². The van der Waals surface area contributed by atoms with E-state index in [0.29, 0.717) is 44.6 Å². The minimum Gasteiger partial charge on any atom is -0.461 e. The van der Waals surface area contributed by atoms with Crippen molar-refractivity contribution in [2.45, 2.75) is 64.8 Å². The fourth-order valence-electron chi connectivity index (χ4n) is 5.91. The molecule has 0 bridgehead atoms. The number of benzene rings is 1. The zero-order valence-electron chi connectivity index (χ0n) is 24.0. The van der Waals surface area contributed by atoms with Crippen molar-refractivity contribution < 1.29 is 23.6 Å². The Morgan fingerprint density at radius 3 is 2.41 bits per heavy atom. The van der Waals surface area contributed by atoms with E-state index in [2.05, 4.69) is 10.6 Å². The maximum absolute atomic E-state index is 13.6. The number of piperidine rings is 1. The van der Waals surface area contributed by atoms with Crippen LogP contribution in [0.5, 0.6) is 0 Å². The lowest BCUT2D eigenvalue weighted by Gasteiger charge is -2.30. The molecule has 3 saturated heterocycles. The molecule has 2 aromatic rings. The summed E-state index contributed by atoms with van der Waals surface area (Å²) in [6.45, 7) is 6.56. The van der Waals surface area contributed by atoms with Gasteiger partial charge < -0.3 is 24.4 Å². The van der Waals surface area contributed by atoms with Gasteiger partial charge in [-0.15, -0.1) is 0 Å². The van der Waals surface area contributed by atoms with Crippen molar-refractivity contribution in [1.29, 1.82) is 0 Å². The molecule has 5 rings (SSSR count). The third-order valence-electron chi connectivity index (χ3n) is 8.28. The highest BCUT2D eigenvalue weighted by atomic mass is 16.3. The number of fused-ring (bicyclic) bond motifs is 1. The van der Waals surface area contributed by atoms with Crippen LogP contribution in [0.2, 0.25) is 0 Å². The highest BCUT2D eigenvalue weighted by molar-refractivity contribution is 6.06. The maximum atomic E-state index is 13.6. The van der Waals surface area contributed by atoms with E-state index in [9.17, 15) is 19.2 Å². The van der Waals surface area contributed by atoms with E-state index in [0.717, 1.165) is 55.5 Å². The second-order valence-electron chi connectivity index (χ2n) is 11.3. The Kier molecular flexibility index (Phi) is 8.90. The number of anilines is 1. The Morgan fingerprint density at radius 2 is 1.68 bits per heavy atom. The fraction of sp³-hybridized carbons (Fsp3) is 0.567. The summed E-state index contributed by atoms with van der Waals surface area (Å²) in [4.78, 5) is 61.5. The van der Waals surface area contributed by atoms with E-state index < -0.39 is 6.04 Å². The smallest absolute Gasteiger partial charge is 0.247 e. The second kappa shape index (κ2) is 12.7. The molecule has 0 unspecified atom stereocenters. The van der Waals surface area contributed by atoms with Gasteiger partial charge in [-0.2, -0.15) is 0 Å². The van der Waals surface area contributed by atoms with Crippen molar-refractivity contribution in [1.82, 2.24) is 20.0 Å². The van der Waals surface area contributed by atoms with Crippen LogP contribution < -0.4 is 10.6 Å². The molecule has 1 aromatic carbocycles. The molecule has 4 heterocycles. The number of aliphatic imine (C=N–C) groups is 1. The first-order valence-corrected chi connectivity index (χ1v) is 14.7. The van der Waals surface area contributed by atoms with Gasteiger partial charge in [-0.25, -0.2) is 4.99 Å². The Morgan fingerprint density at radius 1 is 0.951 bits per heavy atom. The Balaban J connectivity index is 1.35. The molecule has 0 spiro atoms. The van der Waals surface area contributed by atoms with Crippen molar-refractivity contribution in [3.8, 4) is 0 Å². The van der Waals surface area contributed by atoms with Crippen LogP contribution in [0, 0.1) is 12.8 Å². The summed E-state index contributed by atoms with van der Waals surface area (Å²) in [6.07, 6.45) is 5.25. The Labute approximate surface area is 240 Å². The molecule has 2 N–H and O–H groups in total. The average molecular weight is 565 g/mol. The summed E-state index contributed by atoms with van der Waals surface area (Å²) in [5.74, 6) is 0.334. The summed E-state index contributed by atoms with van der Waals surface area (Å²) < 4.78 is 5.69. The maximum Gasteiger partial charge on any atom is 0.247 e. The number of amides is 4. The molecule has 41 heavy (non-hydrogen) atoms. The SMILES string of the molecule is CC(=O)N1CCC(C(=O)NC(=N[C@H]2CCCCN(CC(=O)N3CCCC3)C2=O)Nc2ccc3oc(C)cc3c2)CC1. The van der Waals surface area contributed by atoms with Gasteiger partial charge in [0.05, 0.1) is 6.54 Å². The third kappa shape index (κ3) is 7.07. The number of furan rings is 1. The van der Waals surface area contributed by atoms with E-state index >= 15 is 0 Å². The van der Waals surface area contributed by atoms with E-state index in [-0.39, 0.29) is 42.1 Å². The van der Waals surface area contributed by atoms with E-state index in [1.165, 1.54) is 0 Å². The van der Waals surface area contributed by atoms with Gasteiger partial charge in [0, 0.05) is 56.6 Å². The number of carbonyl (C=O) groups is 4. The molecule has 0 radical (unpaired) electrons. The zero-order valence-corrected chi connectivity index (χ0v) is 24.0. The summed E-state index contributed by atoms with van der Waals surface area (Å²) in [5.41, 5.74) is 1.45. The predicted octanol–water partition coefficient (Wildman–Crippen LogP) is 2.89. The quantitative estimate of drug-likeness (QED) is 0.425. The van der Waals surface area contributed by atoms with Gasteiger partial charge >= 0.3 is 0 Å². The lowest BCUT2D eigenvalue weighted by atomic mass is 9.96. The number of nitrogens with zero attached hydrogens (tertiary/aromatic N) is 4. The number of hydrogen-bond donors (Lipinski definition) is 2. The van der Waals surface area contributed by atoms with Gasteiger partial charge in [-0.3, -0.25) is 24.5 Å². The zero-order chi connectivity index (χ0) is 28.9. The average Bonchev–Trinajstić information content (AvgIpc) is 3.59. The van der Waals surface area contributed by atoms with Crippen molar-refractivity contribution >= 4 is 46.2 Å². The summed E-state index contributed by atoms with van der Waals surface area (Å²) in [5, 5.41) is 7.09. The first kappa shape index (κ1) is 28.6. The van der Waals surface area contributed by atoms with Crippen molar-refractivity contribution in [3.05, 3.63) is 30.0 Å². The molecule has 1 atom stereocenters. The highest BCUT2D eigenvalue weighted by Crippen LogP contribution is 2.24. The van der Waals surface area contributed by atoms with Crippen LogP contribution in [-0.4, -0.2) is 89.6 Å². The molecular formula is C30H40N6O5. The molecule has 11 heteroatoms. The molecule has 11 nitrogen and oxygen atoms in total. The molecular weight excluding hydrogens is 524 g/mol. The molecule has 0 saturated carbocycles. The van der Waals surface area contributed by atoms with Gasteiger partial charge in [0.15, 0.2) is 0 Å². The minimum atomic E-state index is -0.717. The molecule has 220 valence electrons. The molecule has 4 amide bonds. The first-order chi connectivity index (χ1) is 19.8. The number of nitrogens with one attached hydrogen (secondary N) is 2. The molecule has 0 aliphatic carbocycles. The van der Waals surface area contributed by atoms with Crippen LogP contribution in [0.15, 0.2) is 33.7 Å². The van der Waals surface area contributed by atoms with Gasteiger partial charge in [0.1, 0.15) is 17.4 Å². The normalized spacial score (nSPS) is 20.8.